The molecule has 3 rings (SSSR count). The van der Waals surface area contributed by atoms with Crippen molar-refractivity contribution in [3.63, 3.8) is 0 Å². The molecule has 3 aliphatic rings. The van der Waals surface area contributed by atoms with E-state index in [9.17, 15) is 0 Å². The summed E-state index contributed by atoms with van der Waals surface area (Å²) in [6, 6.07) is 0.901. The van der Waals surface area contributed by atoms with E-state index in [0.29, 0.717) is 0 Å². The van der Waals surface area contributed by atoms with Crippen molar-refractivity contribution in [2.75, 3.05) is 32.7 Å². The van der Waals surface area contributed by atoms with Gasteiger partial charge < -0.3 is 4.90 Å². The monoisotopic (exact) mass is 276 g/mol. The van der Waals surface area contributed by atoms with Crippen LogP contribution in [0.15, 0.2) is 12.2 Å². The van der Waals surface area contributed by atoms with Crippen LogP contribution >= 0.6 is 0 Å². The van der Waals surface area contributed by atoms with Gasteiger partial charge in [-0.05, 0) is 43.9 Å². The van der Waals surface area contributed by atoms with Crippen LogP contribution in [-0.4, -0.2) is 48.6 Å². The van der Waals surface area contributed by atoms with Crippen molar-refractivity contribution in [1.82, 2.24) is 9.80 Å². The fourth-order valence-electron chi connectivity index (χ4n) is 4.43. The molecule has 0 spiro atoms. The van der Waals surface area contributed by atoms with E-state index in [-0.39, 0.29) is 0 Å². The predicted molar refractivity (Wildman–Crippen MR) is 85.9 cm³/mol. The lowest BCUT2D eigenvalue weighted by atomic mass is 9.86. The molecule has 3 atom stereocenters. The van der Waals surface area contributed by atoms with Gasteiger partial charge in [-0.3, -0.25) is 4.90 Å². The van der Waals surface area contributed by atoms with E-state index >= 15 is 0 Å². The fraction of sp³-hybridized carbons (Fsp3) is 0.889. The van der Waals surface area contributed by atoms with Crippen molar-refractivity contribution >= 4 is 0 Å². The van der Waals surface area contributed by atoms with Gasteiger partial charge >= 0.3 is 0 Å². The maximum atomic E-state index is 2.80. The zero-order valence-electron chi connectivity index (χ0n) is 13.3. The molecule has 0 aromatic heterocycles. The second-order valence-electron chi connectivity index (χ2n) is 7.41. The van der Waals surface area contributed by atoms with E-state index in [4.69, 9.17) is 0 Å². The molecule has 1 heterocycles. The van der Waals surface area contributed by atoms with Gasteiger partial charge in [-0.1, -0.05) is 31.9 Å². The van der Waals surface area contributed by atoms with Crippen LogP contribution in [0.3, 0.4) is 0 Å². The fourth-order valence-corrected chi connectivity index (χ4v) is 4.43. The molecule has 0 aromatic rings. The van der Waals surface area contributed by atoms with Crippen molar-refractivity contribution < 1.29 is 0 Å². The minimum Gasteiger partial charge on any atom is -0.301 e. The molecule has 0 aromatic carbocycles. The molecule has 20 heavy (non-hydrogen) atoms. The smallest absolute Gasteiger partial charge is 0.0113 e. The number of rotatable bonds is 3. The Morgan fingerprint density at radius 2 is 1.85 bits per heavy atom. The number of hydrogen-bond donors (Lipinski definition) is 0. The molecule has 1 saturated heterocycles. The van der Waals surface area contributed by atoms with Crippen LogP contribution < -0.4 is 0 Å². The van der Waals surface area contributed by atoms with Gasteiger partial charge in [0.05, 0.1) is 0 Å². The second-order valence-corrected chi connectivity index (χ2v) is 7.41. The van der Waals surface area contributed by atoms with E-state index in [2.05, 4.69) is 28.9 Å². The molecule has 114 valence electrons. The summed E-state index contributed by atoms with van der Waals surface area (Å²) in [4.78, 5) is 5.53. The highest BCUT2D eigenvalue weighted by Gasteiger charge is 2.28. The summed E-state index contributed by atoms with van der Waals surface area (Å²) in [6.07, 6.45) is 14.6. The largest absolute Gasteiger partial charge is 0.301 e. The lowest BCUT2D eigenvalue weighted by Gasteiger charge is -2.42. The molecular weight excluding hydrogens is 244 g/mol. The maximum Gasteiger partial charge on any atom is 0.0113 e. The maximum absolute atomic E-state index is 2.80. The van der Waals surface area contributed by atoms with E-state index in [0.717, 1.165) is 17.9 Å². The Balaban J connectivity index is 1.41. The Labute approximate surface area is 125 Å². The first-order chi connectivity index (χ1) is 9.81. The topological polar surface area (TPSA) is 6.48 Å². The van der Waals surface area contributed by atoms with Crippen molar-refractivity contribution in [3.8, 4) is 0 Å². The highest BCUT2D eigenvalue weighted by atomic mass is 15.3. The van der Waals surface area contributed by atoms with Gasteiger partial charge in [0.1, 0.15) is 0 Å². The summed E-state index contributed by atoms with van der Waals surface area (Å²) in [5, 5.41) is 0. The zero-order valence-corrected chi connectivity index (χ0v) is 13.3. The van der Waals surface area contributed by atoms with Crippen LogP contribution in [0, 0.1) is 11.8 Å². The Morgan fingerprint density at radius 1 is 1.00 bits per heavy atom. The van der Waals surface area contributed by atoms with E-state index < -0.39 is 0 Å². The normalized spacial score (nSPS) is 37.1. The first-order valence-electron chi connectivity index (χ1n) is 8.92. The molecule has 2 heteroatoms. The quantitative estimate of drug-likeness (QED) is 0.728. The minimum absolute atomic E-state index is 0.901. The number of hydrogen-bond acceptors (Lipinski definition) is 2. The third kappa shape index (κ3) is 3.85. The summed E-state index contributed by atoms with van der Waals surface area (Å²) >= 11 is 0. The Kier molecular flexibility index (Phi) is 5.17. The Bertz CT molecular complexity index is 317. The Hall–Kier alpha value is -0.340. The highest BCUT2D eigenvalue weighted by molar-refractivity contribution is 4.91. The first kappa shape index (κ1) is 14.6. The van der Waals surface area contributed by atoms with Crippen LogP contribution in [-0.2, 0) is 0 Å². The summed E-state index contributed by atoms with van der Waals surface area (Å²) in [7, 11) is 0. The average Bonchev–Trinajstić information content (AvgIpc) is 2.49. The summed E-state index contributed by atoms with van der Waals surface area (Å²) in [6.45, 7) is 9.05. The molecule has 0 N–H and O–H groups in total. The highest BCUT2D eigenvalue weighted by Crippen LogP contribution is 2.28. The van der Waals surface area contributed by atoms with E-state index in [1.807, 2.05) is 0 Å². The van der Waals surface area contributed by atoms with Gasteiger partial charge in [0.15, 0.2) is 0 Å². The van der Waals surface area contributed by atoms with Crippen LogP contribution in [0.25, 0.3) is 0 Å². The SMILES string of the molecule is C[C@@H]1CCC[C@@H](N2CCN(C[C@H]3CC=CCC3)CC2)C1. The zero-order chi connectivity index (χ0) is 13.8. The third-order valence-corrected chi connectivity index (χ3v) is 5.73. The molecule has 0 bridgehead atoms. The van der Waals surface area contributed by atoms with Gasteiger partial charge in [0, 0.05) is 38.8 Å². The summed E-state index contributed by atoms with van der Waals surface area (Å²) in [5.74, 6) is 1.89. The Morgan fingerprint density at radius 3 is 2.55 bits per heavy atom. The number of nitrogens with zero attached hydrogens (tertiary/aromatic N) is 2. The van der Waals surface area contributed by atoms with Crippen LogP contribution in [0.4, 0.5) is 0 Å². The second kappa shape index (κ2) is 7.09. The van der Waals surface area contributed by atoms with Crippen molar-refractivity contribution in [1.29, 1.82) is 0 Å². The van der Waals surface area contributed by atoms with Gasteiger partial charge in [-0.15, -0.1) is 0 Å². The summed E-state index contributed by atoms with van der Waals surface area (Å²) in [5.41, 5.74) is 0. The van der Waals surface area contributed by atoms with Gasteiger partial charge in [-0.25, -0.2) is 0 Å². The third-order valence-electron chi connectivity index (χ3n) is 5.73. The van der Waals surface area contributed by atoms with Gasteiger partial charge in [0.25, 0.3) is 0 Å². The molecule has 2 nitrogen and oxygen atoms in total. The predicted octanol–water partition coefficient (Wildman–Crippen LogP) is 3.54. The average molecular weight is 276 g/mol. The molecule has 0 amide bonds. The molecule has 2 fully saturated rings. The molecule has 0 radical (unpaired) electrons. The van der Waals surface area contributed by atoms with Crippen LogP contribution in [0.1, 0.15) is 51.9 Å². The van der Waals surface area contributed by atoms with Gasteiger partial charge in [-0.2, -0.15) is 0 Å². The number of allylic oxidation sites excluding steroid dienone is 2. The molecule has 2 aliphatic carbocycles. The van der Waals surface area contributed by atoms with Gasteiger partial charge in [0.2, 0.25) is 0 Å². The lowest BCUT2D eigenvalue weighted by molar-refractivity contribution is 0.0613. The first-order valence-corrected chi connectivity index (χ1v) is 8.92. The van der Waals surface area contributed by atoms with Crippen molar-refractivity contribution in [2.45, 2.75) is 57.9 Å². The van der Waals surface area contributed by atoms with E-state index in [1.54, 1.807) is 0 Å². The van der Waals surface area contributed by atoms with Crippen LogP contribution in [0.5, 0.6) is 0 Å². The lowest BCUT2D eigenvalue weighted by Crippen LogP contribution is -2.52. The molecule has 1 aliphatic heterocycles. The minimum atomic E-state index is 0.901. The number of piperazine rings is 1. The van der Waals surface area contributed by atoms with E-state index in [1.165, 1.54) is 77.7 Å². The van der Waals surface area contributed by atoms with Crippen molar-refractivity contribution in [3.05, 3.63) is 12.2 Å². The van der Waals surface area contributed by atoms with Crippen molar-refractivity contribution in [2.24, 2.45) is 11.8 Å². The standard InChI is InChI=1S/C18H32N2/c1-16-6-5-9-18(14-16)20-12-10-19(11-13-20)15-17-7-3-2-4-8-17/h2-3,16-18H,4-15H2,1H3/t16-,17+,18-/m1/s1. The van der Waals surface area contributed by atoms with Crippen LogP contribution in [0.2, 0.25) is 0 Å². The molecule has 1 saturated carbocycles. The molecule has 0 unspecified atom stereocenters. The summed E-state index contributed by atoms with van der Waals surface area (Å²) < 4.78 is 0. The molecular formula is C18H32N2.